The minimum atomic E-state index is -0.502. The van der Waals surface area contributed by atoms with Gasteiger partial charge in [0.1, 0.15) is 5.75 Å². The Balaban J connectivity index is 1.58. The maximum absolute atomic E-state index is 12.7. The summed E-state index contributed by atoms with van der Waals surface area (Å²) in [5.74, 6) is 0.716. The first-order valence-corrected chi connectivity index (χ1v) is 10.3. The van der Waals surface area contributed by atoms with Crippen molar-refractivity contribution < 1.29 is 14.3 Å². The smallest absolute Gasteiger partial charge is 0.260 e. The van der Waals surface area contributed by atoms with Crippen LogP contribution in [0.3, 0.4) is 0 Å². The van der Waals surface area contributed by atoms with Gasteiger partial charge in [0.2, 0.25) is 0 Å². The molecular weight excluding hydrogens is 340 g/mol. The van der Waals surface area contributed by atoms with Crippen LogP contribution in [0.15, 0.2) is 18.2 Å². The Morgan fingerprint density at radius 3 is 2.56 bits per heavy atom. The minimum Gasteiger partial charge on any atom is -0.481 e. The molecule has 3 rings (SSSR count). The summed E-state index contributed by atoms with van der Waals surface area (Å²) in [5.41, 5.74) is 2.48. The molecule has 1 aliphatic heterocycles. The number of amides is 1. The van der Waals surface area contributed by atoms with Crippen molar-refractivity contribution in [2.24, 2.45) is 0 Å². The zero-order valence-corrected chi connectivity index (χ0v) is 17.1. The fraction of sp³-hybridized carbons (Fsp3) is 0.682. The van der Waals surface area contributed by atoms with Gasteiger partial charge in [0.25, 0.3) is 5.91 Å². The normalized spacial score (nSPS) is 21.4. The number of benzene rings is 1. The van der Waals surface area contributed by atoms with Crippen molar-refractivity contribution in [1.29, 1.82) is 0 Å². The summed E-state index contributed by atoms with van der Waals surface area (Å²) in [6, 6.07) is 5.96. The predicted octanol–water partition coefficient (Wildman–Crippen LogP) is 3.22. The van der Waals surface area contributed by atoms with Crippen molar-refractivity contribution in [3.8, 4) is 5.75 Å². The Hall–Kier alpha value is -1.59. The van der Waals surface area contributed by atoms with Gasteiger partial charge in [-0.2, -0.15) is 0 Å². The molecule has 0 bridgehead atoms. The quantitative estimate of drug-likeness (QED) is 0.831. The van der Waals surface area contributed by atoms with Crippen LogP contribution in [-0.4, -0.2) is 55.3 Å². The summed E-state index contributed by atoms with van der Waals surface area (Å²) in [6.45, 7) is 10.2. The molecule has 27 heavy (non-hydrogen) atoms. The maximum atomic E-state index is 12.7. The van der Waals surface area contributed by atoms with E-state index in [-0.39, 0.29) is 11.4 Å². The third-order valence-electron chi connectivity index (χ3n) is 6.22. The van der Waals surface area contributed by atoms with Gasteiger partial charge in [-0.1, -0.05) is 25.3 Å². The zero-order chi connectivity index (χ0) is 19.3. The third kappa shape index (κ3) is 5.02. The second-order valence-corrected chi connectivity index (χ2v) is 8.11. The average Bonchev–Trinajstić information content (AvgIpc) is 2.70. The molecule has 2 aliphatic rings. The molecule has 150 valence electrons. The van der Waals surface area contributed by atoms with Crippen LogP contribution >= 0.6 is 0 Å². The van der Waals surface area contributed by atoms with Gasteiger partial charge in [0.15, 0.2) is 6.10 Å². The molecule has 1 aliphatic carbocycles. The molecule has 1 aromatic rings. The molecule has 5 heteroatoms. The van der Waals surface area contributed by atoms with Crippen molar-refractivity contribution in [3.63, 3.8) is 0 Å². The van der Waals surface area contributed by atoms with Crippen LogP contribution in [0.4, 0.5) is 0 Å². The molecule has 0 spiro atoms. The van der Waals surface area contributed by atoms with Crippen LogP contribution in [0.1, 0.15) is 50.2 Å². The van der Waals surface area contributed by atoms with E-state index >= 15 is 0 Å². The number of carbonyl (C=O) groups is 1. The molecule has 1 N–H and O–H groups in total. The average molecular weight is 375 g/mol. The van der Waals surface area contributed by atoms with Crippen LogP contribution in [-0.2, 0) is 9.53 Å². The summed E-state index contributed by atoms with van der Waals surface area (Å²) in [4.78, 5) is 15.2. The fourth-order valence-electron chi connectivity index (χ4n) is 4.29. The number of rotatable bonds is 6. The predicted molar refractivity (Wildman–Crippen MR) is 107 cm³/mol. The molecule has 5 nitrogen and oxygen atoms in total. The number of hydrogen-bond acceptors (Lipinski definition) is 4. The van der Waals surface area contributed by atoms with Crippen LogP contribution < -0.4 is 10.1 Å². The second-order valence-electron chi connectivity index (χ2n) is 8.11. The summed E-state index contributed by atoms with van der Waals surface area (Å²) in [6.07, 6.45) is 5.58. The Morgan fingerprint density at radius 2 is 1.89 bits per heavy atom. The summed E-state index contributed by atoms with van der Waals surface area (Å²) in [7, 11) is 0. The standard InChI is InChI=1S/C22H34N2O3/c1-17-7-8-20(15-18(17)2)27-19(3)21(25)23-16-22(9-5-4-6-10-22)24-11-13-26-14-12-24/h7-8,15,19H,4-6,9-14,16H2,1-3H3,(H,23,25)/t19-/m0/s1. The molecule has 0 aromatic heterocycles. The van der Waals surface area contributed by atoms with Gasteiger partial charge < -0.3 is 14.8 Å². The Labute approximate surface area is 163 Å². The van der Waals surface area contributed by atoms with Crippen LogP contribution in [0.25, 0.3) is 0 Å². The highest BCUT2D eigenvalue weighted by atomic mass is 16.5. The van der Waals surface area contributed by atoms with Crippen molar-refractivity contribution >= 4 is 5.91 Å². The molecule has 1 heterocycles. The van der Waals surface area contributed by atoms with Crippen LogP contribution in [0.5, 0.6) is 5.75 Å². The molecule has 0 radical (unpaired) electrons. The second kappa shape index (κ2) is 9.07. The van der Waals surface area contributed by atoms with E-state index in [1.165, 1.54) is 30.4 Å². The third-order valence-corrected chi connectivity index (χ3v) is 6.22. The highest BCUT2D eigenvalue weighted by Gasteiger charge is 2.39. The van der Waals surface area contributed by atoms with E-state index in [4.69, 9.17) is 9.47 Å². The first-order valence-electron chi connectivity index (χ1n) is 10.3. The number of nitrogens with zero attached hydrogens (tertiary/aromatic N) is 1. The van der Waals surface area contributed by atoms with E-state index < -0.39 is 6.10 Å². The molecule has 1 aromatic carbocycles. The molecule has 1 saturated heterocycles. The van der Waals surface area contributed by atoms with Gasteiger partial charge in [-0.3, -0.25) is 9.69 Å². The van der Waals surface area contributed by atoms with Crippen molar-refractivity contribution in [3.05, 3.63) is 29.3 Å². The topological polar surface area (TPSA) is 50.8 Å². The Kier molecular flexibility index (Phi) is 6.77. The first-order chi connectivity index (χ1) is 13.0. The lowest BCUT2D eigenvalue weighted by atomic mass is 9.79. The lowest BCUT2D eigenvalue weighted by Gasteiger charge is -2.48. The number of carbonyl (C=O) groups excluding carboxylic acids is 1. The van der Waals surface area contributed by atoms with Crippen molar-refractivity contribution in [2.45, 2.75) is 64.5 Å². The molecule has 1 saturated carbocycles. The van der Waals surface area contributed by atoms with E-state index in [9.17, 15) is 4.79 Å². The van der Waals surface area contributed by atoms with Gasteiger partial charge in [-0.05, 0) is 56.9 Å². The van der Waals surface area contributed by atoms with E-state index in [1.54, 1.807) is 0 Å². The zero-order valence-electron chi connectivity index (χ0n) is 17.1. The monoisotopic (exact) mass is 374 g/mol. The van der Waals surface area contributed by atoms with Crippen LogP contribution in [0, 0.1) is 13.8 Å². The van der Waals surface area contributed by atoms with Gasteiger partial charge in [-0.15, -0.1) is 0 Å². The lowest BCUT2D eigenvalue weighted by Crippen LogP contribution is -2.60. The van der Waals surface area contributed by atoms with Crippen molar-refractivity contribution in [2.75, 3.05) is 32.8 Å². The Morgan fingerprint density at radius 1 is 1.19 bits per heavy atom. The van der Waals surface area contributed by atoms with Gasteiger partial charge in [0, 0.05) is 25.2 Å². The molecule has 1 amide bonds. The van der Waals surface area contributed by atoms with Crippen LogP contribution in [0.2, 0.25) is 0 Å². The Bertz CT molecular complexity index is 634. The number of morpholine rings is 1. The molecular formula is C22H34N2O3. The van der Waals surface area contributed by atoms with Gasteiger partial charge >= 0.3 is 0 Å². The van der Waals surface area contributed by atoms with Crippen molar-refractivity contribution in [1.82, 2.24) is 10.2 Å². The molecule has 2 fully saturated rings. The summed E-state index contributed by atoms with van der Waals surface area (Å²) >= 11 is 0. The van der Waals surface area contributed by atoms with E-state index in [1.807, 2.05) is 25.1 Å². The first kappa shape index (κ1) is 20.2. The number of nitrogens with one attached hydrogen (secondary N) is 1. The molecule has 1 atom stereocenters. The number of ether oxygens (including phenoxy) is 2. The highest BCUT2D eigenvalue weighted by Crippen LogP contribution is 2.34. The van der Waals surface area contributed by atoms with Gasteiger partial charge in [-0.25, -0.2) is 0 Å². The largest absolute Gasteiger partial charge is 0.481 e. The van der Waals surface area contributed by atoms with E-state index in [0.29, 0.717) is 6.54 Å². The summed E-state index contributed by atoms with van der Waals surface area (Å²) < 4.78 is 11.4. The molecule has 0 unspecified atom stereocenters. The highest BCUT2D eigenvalue weighted by molar-refractivity contribution is 5.80. The minimum absolute atomic E-state index is 0.0357. The lowest BCUT2D eigenvalue weighted by molar-refractivity contribution is -0.128. The number of aryl methyl sites for hydroxylation is 2. The fourth-order valence-corrected chi connectivity index (χ4v) is 4.29. The summed E-state index contributed by atoms with van der Waals surface area (Å²) in [5, 5.41) is 3.19. The van der Waals surface area contributed by atoms with E-state index in [2.05, 4.69) is 24.1 Å². The SMILES string of the molecule is Cc1ccc(O[C@@H](C)C(=O)NCC2(N3CCOCC3)CCCCC2)cc1C. The maximum Gasteiger partial charge on any atom is 0.260 e. The number of hydrogen-bond donors (Lipinski definition) is 1. The van der Waals surface area contributed by atoms with E-state index in [0.717, 1.165) is 44.9 Å². The van der Waals surface area contributed by atoms with Gasteiger partial charge in [0.05, 0.1) is 13.2 Å².